The number of hydrogen-bond donors (Lipinski definition) is 3. The van der Waals surface area contributed by atoms with Crippen LogP contribution in [0.25, 0.3) is 0 Å². The average molecular weight is 253 g/mol. The van der Waals surface area contributed by atoms with Crippen molar-refractivity contribution in [1.82, 2.24) is 16.0 Å². The van der Waals surface area contributed by atoms with Gasteiger partial charge in [0.15, 0.2) is 0 Å². The van der Waals surface area contributed by atoms with E-state index >= 15 is 0 Å². The summed E-state index contributed by atoms with van der Waals surface area (Å²) in [7, 11) is 0. The van der Waals surface area contributed by atoms with E-state index in [1.54, 1.807) is 0 Å². The van der Waals surface area contributed by atoms with E-state index in [-0.39, 0.29) is 24.4 Å². The summed E-state index contributed by atoms with van der Waals surface area (Å²) in [5, 5.41) is 8.66. The average Bonchev–Trinajstić information content (AvgIpc) is 2.38. The molecule has 1 aliphatic heterocycles. The highest BCUT2D eigenvalue weighted by atomic mass is 16.2. The smallest absolute Gasteiger partial charge is 0.238 e. The van der Waals surface area contributed by atoms with Crippen LogP contribution in [0.3, 0.4) is 0 Å². The summed E-state index contributed by atoms with van der Waals surface area (Å²) in [6.07, 6.45) is 5.10. The number of amides is 2. The lowest BCUT2D eigenvalue weighted by Crippen LogP contribution is -2.58. The molecule has 3 unspecified atom stereocenters. The first-order valence-corrected chi connectivity index (χ1v) is 6.94. The van der Waals surface area contributed by atoms with Crippen LogP contribution in [-0.2, 0) is 9.59 Å². The minimum Gasteiger partial charge on any atom is -0.354 e. The molecule has 1 saturated carbocycles. The van der Waals surface area contributed by atoms with Crippen LogP contribution in [0, 0.1) is 11.8 Å². The second kappa shape index (κ2) is 6.18. The number of rotatable bonds is 3. The predicted octanol–water partition coefficient (Wildman–Crippen LogP) is 0.0169. The van der Waals surface area contributed by atoms with Gasteiger partial charge in [-0.15, -0.1) is 0 Å². The maximum absolute atomic E-state index is 11.9. The Morgan fingerprint density at radius 3 is 2.83 bits per heavy atom. The normalized spacial score (nSPS) is 32.7. The van der Waals surface area contributed by atoms with Gasteiger partial charge in [-0.3, -0.25) is 14.9 Å². The van der Waals surface area contributed by atoms with Crippen molar-refractivity contribution in [2.75, 3.05) is 19.6 Å². The van der Waals surface area contributed by atoms with Gasteiger partial charge in [-0.05, 0) is 18.3 Å². The minimum absolute atomic E-state index is 0.00720. The summed E-state index contributed by atoms with van der Waals surface area (Å²) in [5.41, 5.74) is 0. The van der Waals surface area contributed by atoms with E-state index in [1.807, 2.05) is 0 Å². The van der Waals surface area contributed by atoms with Crippen LogP contribution in [0.1, 0.15) is 32.6 Å². The van der Waals surface area contributed by atoms with Gasteiger partial charge in [-0.25, -0.2) is 0 Å². The zero-order valence-corrected chi connectivity index (χ0v) is 11.0. The molecule has 18 heavy (non-hydrogen) atoms. The molecule has 1 heterocycles. The molecule has 0 radical (unpaired) electrons. The van der Waals surface area contributed by atoms with Crippen molar-refractivity contribution in [3.63, 3.8) is 0 Å². The maximum Gasteiger partial charge on any atom is 0.238 e. The van der Waals surface area contributed by atoms with Crippen molar-refractivity contribution in [3.05, 3.63) is 0 Å². The molecule has 1 saturated heterocycles. The van der Waals surface area contributed by atoms with Crippen molar-refractivity contribution in [2.24, 2.45) is 11.8 Å². The topological polar surface area (TPSA) is 70.2 Å². The summed E-state index contributed by atoms with van der Waals surface area (Å²) in [4.78, 5) is 22.9. The van der Waals surface area contributed by atoms with Crippen molar-refractivity contribution in [3.8, 4) is 0 Å². The van der Waals surface area contributed by atoms with Crippen molar-refractivity contribution in [2.45, 2.75) is 38.6 Å². The third-order valence-corrected chi connectivity index (χ3v) is 4.16. The first kappa shape index (κ1) is 13.3. The molecule has 0 aromatic heterocycles. The van der Waals surface area contributed by atoms with Crippen molar-refractivity contribution in [1.29, 1.82) is 0 Å². The van der Waals surface area contributed by atoms with E-state index in [0.29, 0.717) is 18.4 Å². The summed E-state index contributed by atoms with van der Waals surface area (Å²) < 4.78 is 0. The Balaban J connectivity index is 1.72. The molecule has 1 aliphatic carbocycles. The molecule has 2 fully saturated rings. The van der Waals surface area contributed by atoms with Crippen molar-refractivity contribution >= 4 is 11.8 Å². The number of hydrogen-bond acceptors (Lipinski definition) is 3. The molecule has 3 N–H and O–H groups in total. The molecule has 5 heteroatoms. The molecule has 2 aliphatic rings. The SMILES string of the molecule is CC1CCCCC1CNC(=O)C1CNC(=O)CN1. The third kappa shape index (κ3) is 3.45. The van der Waals surface area contributed by atoms with Crippen LogP contribution in [0.4, 0.5) is 0 Å². The highest BCUT2D eigenvalue weighted by molar-refractivity contribution is 5.86. The maximum atomic E-state index is 11.9. The minimum atomic E-state index is -0.276. The molecule has 0 spiro atoms. The van der Waals surface area contributed by atoms with E-state index in [0.717, 1.165) is 6.54 Å². The van der Waals surface area contributed by atoms with Gasteiger partial charge in [0.1, 0.15) is 6.04 Å². The van der Waals surface area contributed by atoms with Gasteiger partial charge < -0.3 is 10.6 Å². The summed E-state index contributed by atoms with van der Waals surface area (Å²) in [5.74, 6) is 1.28. The van der Waals surface area contributed by atoms with Gasteiger partial charge in [0, 0.05) is 13.1 Å². The highest BCUT2D eigenvalue weighted by Crippen LogP contribution is 2.28. The number of carbonyl (C=O) groups excluding carboxylic acids is 2. The largest absolute Gasteiger partial charge is 0.354 e. The van der Waals surface area contributed by atoms with Gasteiger partial charge in [0.05, 0.1) is 6.54 Å². The molecule has 0 aromatic carbocycles. The number of piperazine rings is 1. The molecule has 2 amide bonds. The Morgan fingerprint density at radius 1 is 1.39 bits per heavy atom. The number of nitrogens with one attached hydrogen (secondary N) is 3. The van der Waals surface area contributed by atoms with Gasteiger partial charge >= 0.3 is 0 Å². The Hall–Kier alpha value is -1.10. The molecule has 3 atom stereocenters. The van der Waals surface area contributed by atoms with Crippen LogP contribution in [0.5, 0.6) is 0 Å². The zero-order chi connectivity index (χ0) is 13.0. The fourth-order valence-corrected chi connectivity index (χ4v) is 2.80. The molecule has 0 aromatic rings. The summed E-state index contributed by atoms with van der Waals surface area (Å²) >= 11 is 0. The predicted molar refractivity (Wildman–Crippen MR) is 68.9 cm³/mol. The Labute approximate surface area is 108 Å². The second-order valence-corrected chi connectivity index (χ2v) is 5.50. The van der Waals surface area contributed by atoms with Crippen LogP contribution >= 0.6 is 0 Å². The van der Waals surface area contributed by atoms with E-state index in [9.17, 15) is 9.59 Å². The van der Waals surface area contributed by atoms with E-state index in [1.165, 1.54) is 25.7 Å². The second-order valence-electron chi connectivity index (χ2n) is 5.50. The first-order chi connectivity index (χ1) is 8.66. The fraction of sp³-hybridized carbons (Fsp3) is 0.846. The monoisotopic (exact) mass is 253 g/mol. The fourth-order valence-electron chi connectivity index (χ4n) is 2.80. The lowest BCUT2D eigenvalue weighted by molar-refractivity contribution is -0.126. The summed E-state index contributed by atoms with van der Waals surface area (Å²) in [6.45, 7) is 3.67. The highest BCUT2D eigenvalue weighted by Gasteiger charge is 2.26. The third-order valence-electron chi connectivity index (χ3n) is 4.16. The van der Waals surface area contributed by atoms with Crippen LogP contribution in [0.15, 0.2) is 0 Å². The Morgan fingerprint density at radius 2 is 2.17 bits per heavy atom. The molecule has 2 rings (SSSR count). The quantitative estimate of drug-likeness (QED) is 0.664. The Bertz CT molecular complexity index is 309. The molecular weight excluding hydrogens is 230 g/mol. The molecule has 5 nitrogen and oxygen atoms in total. The van der Waals surface area contributed by atoms with Gasteiger partial charge in [0.25, 0.3) is 0 Å². The van der Waals surface area contributed by atoms with Gasteiger partial charge in [-0.2, -0.15) is 0 Å². The molecular formula is C13H23N3O2. The number of carbonyl (C=O) groups is 2. The van der Waals surface area contributed by atoms with E-state index in [4.69, 9.17) is 0 Å². The van der Waals surface area contributed by atoms with Crippen molar-refractivity contribution < 1.29 is 9.59 Å². The molecule has 102 valence electrons. The lowest BCUT2D eigenvalue weighted by atomic mass is 9.80. The lowest BCUT2D eigenvalue weighted by Gasteiger charge is -2.30. The van der Waals surface area contributed by atoms with Gasteiger partial charge in [-0.1, -0.05) is 26.2 Å². The zero-order valence-electron chi connectivity index (χ0n) is 11.0. The van der Waals surface area contributed by atoms with Crippen LogP contribution in [0.2, 0.25) is 0 Å². The Kier molecular flexibility index (Phi) is 4.58. The first-order valence-electron chi connectivity index (χ1n) is 6.94. The van der Waals surface area contributed by atoms with Gasteiger partial charge in [0.2, 0.25) is 11.8 Å². The molecule has 0 bridgehead atoms. The van der Waals surface area contributed by atoms with Crippen LogP contribution in [-0.4, -0.2) is 37.5 Å². The summed E-state index contributed by atoms with van der Waals surface area (Å²) in [6, 6.07) is -0.276. The standard InChI is InChI=1S/C13H23N3O2/c1-9-4-2-3-5-10(9)6-16-13(18)11-7-15-12(17)8-14-11/h9-11,14H,2-8H2,1H3,(H,15,17)(H,16,18). The van der Waals surface area contributed by atoms with Crippen LogP contribution < -0.4 is 16.0 Å². The van der Waals surface area contributed by atoms with E-state index < -0.39 is 0 Å². The van der Waals surface area contributed by atoms with E-state index in [2.05, 4.69) is 22.9 Å².